The first-order chi connectivity index (χ1) is 12.1. The van der Waals surface area contributed by atoms with Crippen LogP contribution in [0.5, 0.6) is 11.5 Å². The monoisotopic (exact) mass is 344 g/mol. The molecule has 2 aromatic carbocycles. The molecule has 3 aromatic rings. The molecule has 0 saturated carbocycles. The summed E-state index contributed by atoms with van der Waals surface area (Å²) in [5.74, 6) is -4.52. The van der Waals surface area contributed by atoms with Gasteiger partial charge in [0, 0.05) is 0 Å². The maximum absolute atomic E-state index is 13.7. The number of para-hydroxylation sites is 2. The van der Waals surface area contributed by atoms with E-state index < -0.39 is 29.1 Å². The SMILES string of the molecule is O=C(Oc1ccccc1OC(=O)c1c(F)cccc1F)c1ccco1. The normalized spacial score (nSPS) is 10.3. The topological polar surface area (TPSA) is 65.7 Å². The molecule has 0 unspecified atom stereocenters. The van der Waals surface area contributed by atoms with E-state index in [1.54, 1.807) is 0 Å². The fourth-order valence-corrected chi connectivity index (χ4v) is 2.01. The highest BCUT2D eigenvalue weighted by Crippen LogP contribution is 2.28. The first kappa shape index (κ1) is 16.4. The molecule has 0 radical (unpaired) electrons. The Morgan fingerprint density at radius 2 is 1.36 bits per heavy atom. The van der Waals surface area contributed by atoms with Gasteiger partial charge in [-0.05, 0) is 36.4 Å². The lowest BCUT2D eigenvalue weighted by Crippen LogP contribution is -2.15. The Bertz CT molecular complexity index is 899. The molecule has 7 heteroatoms. The van der Waals surface area contributed by atoms with E-state index in [1.165, 1.54) is 42.7 Å². The van der Waals surface area contributed by atoms with Crippen LogP contribution in [0.3, 0.4) is 0 Å². The fourth-order valence-electron chi connectivity index (χ4n) is 2.01. The molecule has 5 nitrogen and oxygen atoms in total. The standard InChI is InChI=1S/C18H10F2O5/c19-11-5-3-6-12(20)16(11)18(22)25-14-8-2-1-7-13(14)24-17(21)15-9-4-10-23-15/h1-10H. The van der Waals surface area contributed by atoms with E-state index >= 15 is 0 Å². The summed E-state index contributed by atoms with van der Waals surface area (Å²) in [6.45, 7) is 0. The quantitative estimate of drug-likeness (QED) is 0.529. The summed E-state index contributed by atoms with van der Waals surface area (Å²) in [5.41, 5.74) is -0.838. The van der Waals surface area contributed by atoms with E-state index in [0.717, 1.165) is 18.2 Å². The van der Waals surface area contributed by atoms with E-state index in [1.807, 2.05) is 0 Å². The maximum Gasteiger partial charge on any atom is 0.379 e. The van der Waals surface area contributed by atoms with Crippen LogP contribution in [0.4, 0.5) is 8.78 Å². The first-order valence-electron chi connectivity index (χ1n) is 7.07. The average molecular weight is 344 g/mol. The lowest BCUT2D eigenvalue weighted by molar-refractivity contribution is 0.0659. The van der Waals surface area contributed by atoms with Crippen LogP contribution >= 0.6 is 0 Å². The van der Waals surface area contributed by atoms with Gasteiger partial charge in [0.15, 0.2) is 11.5 Å². The second-order valence-electron chi connectivity index (χ2n) is 4.80. The number of hydrogen-bond donors (Lipinski definition) is 0. The predicted octanol–water partition coefficient (Wildman–Crippen LogP) is 4.00. The van der Waals surface area contributed by atoms with Crippen LogP contribution < -0.4 is 9.47 Å². The van der Waals surface area contributed by atoms with Crippen LogP contribution in [0.2, 0.25) is 0 Å². The third kappa shape index (κ3) is 3.55. The average Bonchev–Trinajstić information content (AvgIpc) is 3.11. The summed E-state index contributed by atoms with van der Waals surface area (Å²) >= 11 is 0. The second kappa shape index (κ2) is 6.96. The van der Waals surface area contributed by atoms with Crippen LogP contribution in [-0.4, -0.2) is 11.9 Å². The molecule has 1 heterocycles. The Morgan fingerprint density at radius 3 is 1.92 bits per heavy atom. The molecule has 0 amide bonds. The molecule has 126 valence electrons. The number of ether oxygens (including phenoxy) is 2. The van der Waals surface area contributed by atoms with E-state index in [2.05, 4.69) is 0 Å². The number of furan rings is 1. The molecule has 25 heavy (non-hydrogen) atoms. The Kier molecular flexibility index (Phi) is 4.56. The Balaban J connectivity index is 1.84. The van der Waals surface area contributed by atoms with Crippen LogP contribution in [0, 0.1) is 11.6 Å². The van der Waals surface area contributed by atoms with Crippen molar-refractivity contribution < 1.29 is 32.3 Å². The van der Waals surface area contributed by atoms with Gasteiger partial charge in [-0.15, -0.1) is 0 Å². The van der Waals surface area contributed by atoms with Gasteiger partial charge < -0.3 is 13.9 Å². The van der Waals surface area contributed by atoms with Crippen molar-refractivity contribution in [1.29, 1.82) is 0 Å². The van der Waals surface area contributed by atoms with Gasteiger partial charge in [-0.2, -0.15) is 0 Å². The summed E-state index contributed by atoms with van der Waals surface area (Å²) in [4.78, 5) is 24.0. The molecule has 3 rings (SSSR count). The third-order valence-corrected chi connectivity index (χ3v) is 3.14. The number of carbonyl (C=O) groups is 2. The molecule has 0 aliphatic rings. The third-order valence-electron chi connectivity index (χ3n) is 3.14. The summed E-state index contributed by atoms with van der Waals surface area (Å²) in [6, 6.07) is 11.6. The van der Waals surface area contributed by atoms with Gasteiger partial charge in [0.2, 0.25) is 5.76 Å². The number of benzene rings is 2. The lowest BCUT2D eigenvalue weighted by Gasteiger charge is -2.10. The molecule has 0 fully saturated rings. The van der Waals surface area contributed by atoms with Crippen molar-refractivity contribution in [2.75, 3.05) is 0 Å². The van der Waals surface area contributed by atoms with E-state index in [9.17, 15) is 18.4 Å². The molecule has 0 saturated heterocycles. The number of halogens is 2. The molecule has 0 bridgehead atoms. The molecule has 0 aliphatic carbocycles. The summed E-state index contributed by atoms with van der Waals surface area (Å²) in [6.07, 6.45) is 1.30. The molecular weight excluding hydrogens is 334 g/mol. The Morgan fingerprint density at radius 1 is 0.760 bits per heavy atom. The molecule has 1 aromatic heterocycles. The smallest absolute Gasteiger partial charge is 0.379 e. The van der Waals surface area contributed by atoms with Crippen molar-refractivity contribution in [3.8, 4) is 11.5 Å². The molecule has 0 N–H and O–H groups in total. The van der Waals surface area contributed by atoms with Gasteiger partial charge in [0.1, 0.15) is 17.2 Å². The zero-order valence-corrected chi connectivity index (χ0v) is 12.6. The van der Waals surface area contributed by atoms with Crippen molar-refractivity contribution in [3.63, 3.8) is 0 Å². The molecule has 0 atom stereocenters. The minimum Gasteiger partial charge on any atom is -0.457 e. The Labute approximate surface area is 140 Å². The second-order valence-corrected chi connectivity index (χ2v) is 4.80. The van der Waals surface area contributed by atoms with E-state index in [-0.39, 0.29) is 17.3 Å². The lowest BCUT2D eigenvalue weighted by atomic mass is 10.2. The summed E-state index contributed by atoms with van der Waals surface area (Å²) in [7, 11) is 0. The van der Waals surface area contributed by atoms with Gasteiger partial charge in [-0.1, -0.05) is 18.2 Å². The highest BCUT2D eigenvalue weighted by Gasteiger charge is 2.22. The molecule has 0 aliphatic heterocycles. The van der Waals surface area contributed by atoms with Crippen LogP contribution in [0.15, 0.2) is 65.3 Å². The number of esters is 2. The summed E-state index contributed by atoms with van der Waals surface area (Å²) < 4.78 is 42.3. The highest BCUT2D eigenvalue weighted by molar-refractivity contribution is 5.92. The molecule has 0 spiro atoms. The maximum atomic E-state index is 13.7. The zero-order chi connectivity index (χ0) is 17.8. The predicted molar refractivity (Wildman–Crippen MR) is 81.4 cm³/mol. The zero-order valence-electron chi connectivity index (χ0n) is 12.6. The van der Waals surface area contributed by atoms with Crippen LogP contribution in [0.1, 0.15) is 20.9 Å². The molecular formula is C18H10F2O5. The summed E-state index contributed by atoms with van der Waals surface area (Å²) in [5, 5.41) is 0. The van der Waals surface area contributed by atoms with Gasteiger partial charge in [0.05, 0.1) is 6.26 Å². The minimum atomic E-state index is -1.25. The largest absolute Gasteiger partial charge is 0.457 e. The van der Waals surface area contributed by atoms with Gasteiger partial charge in [0.25, 0.3) is 0 Å². The fraction of sp³-hybridized carbons (Fsp3) is 0. The first-order valence-corrected chi connectivity index (χ1v) is 7.07. The highest BCUT2D eigenvalue weighted by atomic mass is 19.1. The minimum absolute atomic E-state index is 0.0544. The number of rotatable bonds is 4. The van der Waals surface area contributed by atoms with Crippen molar-refractivity contribution in [3.05, 3.63) is 83.8 Å². The Hall–Kier alpha value is -3.48. The van der Waals surface area contributed by atoms with Crippen molar-refractivity contribution >= 4 is 11.9 Å². The van der Waals surface area contributed by atoms with Crippen molar-refractivity contribution in [2.45, 2.75) is 0 Å². The van der Waals surface area contributed by atoms with Gasteiger partial charge in [-0.25, -0.2) is 18.4 Å². The van der Waals surface area contributed by atoms with Crippen molar-refractivity contribution in [1.82, 2.24) is 0 Å². The van der Waals surface area contributed by atoms with Gasteiger partial charge >= 0.3 is 11.9 Å². The van der Waals surface area contributed by atoms with Crippen LogP contribution in [-0.2, 0) is 0 Å². The van der Waals surface area contributed by atoms with Crippen LogP contribution in [0.25, 0.3) is 0 Å². The van der Waals surface area contributed by atoms with E-state index in [0.29, 0.717) is 0 Å². The van der Waals surface area contributed by atoms with E-state index in [4.69, 9.17) is 13.9 Å². The van der Waals surface area contributed by atoms with Gasteiger partial charge in [-0.3, -0.25) is 0 Å². The van der Waals surface area contributed by atoms with Crippen molar-refractivity contribution in [2.24, 2.45) is 0 Å². The number of hydrogen-bond acceptors (Lipinski definition) is 5. The number of carbonyl (C=O) groups excluding carboxylic acids is 2.